The molecule has 2 aromatic carbocycles. The Labute approximate surface area is 210 Å². The highest BCUT2D eigenvalue weighted by Gasteiger charge is 2.46. The second-order valence-corrected chi connectivity index (χ2v) is 8.57. The number of urea groups is 1. The molecule has 1 N–H and O–H groups in total. The number of amides is 3. The smallest absolute Gasteiger partial charge is 0.407 e. The highest BCUT2D eigenvalue weighted by atomic mass is 19.4. The van der Waals surface area contributed by atoms with Crippen LogP contribution in [0.5, 0.6) is 5.75 Å². The number of aliphatic hydroxyl groups is 1. The average Bonchev–Trinajstić information content (AvgIpc) is 3.42. The van der Waals surface area contributed by atoms with Gasteiger partial charge in [0, 0.05) is 25.8 Å². The Balaban J connectivity index is 1.79. The van der Waals surface area contributed by atoms with Gasteiger partial charge in [-0.3, -0.25) is 9.80 Å². The molecular formula is C23H20F7N3O5. The fourth-order valence-electron chi connectivity index (χ4n) is 4.14. The molecular weight excluding hydrogens is 531 g/mol. The standard InChI is InChI=1S/C23H20F7N3O5/c1-31(14-4-2-13(24)3-5-14)21(36)38-19-15(23(28,29)30)8-12(22(25,26)27)9-16(19)32-6-7-33(20(32)35)17-10-37-11-18(17)34/h2-5,8-9,17-18,34H,6-7,10-11H2,1H3. The van der Waals surface area contributed by atoms with E-state index >= 15 is 0 Å². The lowest BCUT2D eigenvalue weighted by molar-refractivity contribution is -0.143. The summed E-state index contributed by atoms with van der Waals surface area (Å²) >= 11 is 0. The van der Waals surface area contributed by atoms with Gasteiger partial charge in [-0.2, -0.15) is 26.3 Å². The Morgan fingerprint density at radius 2 is 1.71 bits per heavy atom. The molecule has 2 unspecified atom stereocenters. The normalized spacial score (nSPS) is 20.3. The maximum atomic E-state index is 14.0. The van der Waals surface area contributed by atoms with E-state index < -0.39 is 65.0 Å². The minimum atomic E-state index is -5.42. The molecule has 2 aliphatic rings. The van der Waals surface area contributed by atoms with E-state index in [0.717, 1.165) is 36.2 Å². The molecule has 2 heterocycles. The summed E-state index contributed by atoms with van der Waals surface area (Å²) in [6, 6.07) is 2.42. The van der Waals surface area contributed by atoms with Crippen molar-refractivity contribution in [3.05, 3.63) is 53.3 Å². The van der Waals surface area contributed by atoms with Crippen LogP contribution >= 0.6 is 0 Å². The van der Waals surface area contributed by atoms with E-state index in [1.165, 1.54) is 0 Å². The van der Waals surface area contributed by atoms with Crippen LogP contribution in [0.25, 0.3) is 0 Å². The first-order chi connectivity index (χ1) is 17.7. The number of rotatable bonds is 4. The van der Waals surface area contributed by atoms with E-state index in [2.05, 4.69) is 0 Å². The summed E-state index contributed by atoms with van der Waals surface area (Å²) < 4.78 is 106. The van der Waals surface area contributed by atoms with Crippen LogP contribution in [0.4, 0.5) is 51.7 Å². The molecule has 8 nitrogen and oxygen atoms in total. The van der Waals surface area contributed by atoms with Gasteiger partial charge in [-0.05, 0) is 36.4 Å². The average molecular weight is 551 g/mol. The molecule has 2 saturated heterocycles. The molecule has 2 atom stereocenters. The Hall–Kier alpha value is -3.59. The molecule has 206 valence electrons. The van der Waals surface area contributed by atoms with Gasteiger partial charge in [-0.25, -0.2) is 14.0 Å². The molecule has 0 aromatic heterocycles. The van der Waals surface area contributed by atoms with Crippen LogP contribution in [-0.4, -0.2) is 67.6 Å². The monoisotopic (exact) mass is 551 g/mol. The van der Waals surface area contributed by atoms with Crippen molar-refractivity contribution in [2.45, 2.75) is 24.5 Å². The van der Waals surface area contributed by atoms with Gasteiger partial charge in [0.1, 0.15) is 11.4 Å². The van der Waals surface area contributed by atoms with Gasteiger partial charge in [0.25, 0.3) is 0 Å². The zero-order valence-corrected chi connectivity index (χ0v) is 19.5. The number of halogens is 7. The van der Waals surface area contributed by atoms with Crippen LogP contribution in [0.3, 0.4) is 0 Å². The first-order valence-corrected chi connectivity index (χ1v) is 11.1. The van der Waals surface area contributed by atoms with Crippen molar-refractivity contribution in [3.63, 3.8) is 0 Å². The van der Waals surface area contributed by atoms with E-state index in [9.17, 15) is 45.4 Å². The van der Waals surface area contributed by atoms with Crippen LogP contribution in [0.15, 0.2) is 36.4 Å². The second-order valence-electron chi connectivity index (χ2n) is 8.57. The molecule has 0 saturated carbocycles. The summed E-state index contributed by atoms with van der Waals surface area (Å²) in [5.41, 5.74) is -4.58. The Bertz CT molecular complexity index is 1220. The lowest BCUT2D eigenvalue weighted by atomic mass is 10.1. The number of benzene rings is 2. The first-order valence-electron chi connectivity index (χ1n) is 11.1. The number of hydrogen-bond donors (Lipinski definition) is 1. The maximum Gasteiger partial charge on any atom is 0.420 e. The number of aliphatic hydroxyl groups excluding tert-OH is 1. The molecule has 2 aromatic rings. The van der Waals surface area contributed by atoms with Crippen molar-refractivity contribution in [2.24, 2.45) is 0 Å². The summed E-state index contributed by atoms with van der Waals surface area (Å²) in [6.07, 6.45) is -13.2. The topological polar surface area (TPSA) is 82.6 Å². The number of anilines is 2. The largest absolute Gasteiger partial charge is 0.420 e. The quantitative estimate of drug-likeness (QED) is 0.566. The van der Waals surface area contributed by atoms with Crippen molar-refractivity contribution < 1.29 is 54.9 Å². The van der Waals surface area contributed by atoms with Crippen molar-refractivity contribution in [1.29, 1.82) is 0 Å². The highest BCUT2D eigenvalue weighted by Crippen LogP contribution is 2.47. The lowest BCUT2D eigenvalue weighted by Gasteiger charge is -2.28. The number of alkyl halides is 6. The third kappa shape index (κ3) is 5.34. The summed E-state index contributed by atoms with van der Waals surface area (Å²) in [5, 5.41) is 10.1. The molecule has 38 heavy (non-hydrogen) atoms. The van der Waals surface area contributed by atoms with E-state index in [1.54, 1.807) is 0 Å². The second kappa shape index (κ2) is 9.94. The molecule has 0 spiro atoms. The van der Waals surface area contributed by atoms with Crippen LogP contribution in [0, 0.1) is 5.82 Å². The number of hydrogen-bond acceptors (Lipinski definition) is 5. The molecule has 15 heteroatoms. The Morgan fingerprint density at radius 3 is 2.26 bits per heavy atom. The zero-order valence-electron chi connectivity index (χ0n) is 19.5. The SMILES string of the molecule is CN(C(=O)Oc1c(N2CCN(C3COCC3O)C2=O)cc(C(F)(F)F)cc1C(F)(F)F)c1ccc(F)cc1. The minimum absolute atomic E-state index is 0.0112. The fourth-order valence-corrected chi connectivity index (χ4v) is 4.14. The van der Waals surface area contributed by atoms with Gasteiger partial charge in [-0.15, -0.1) is 0 Å². The van der Waals surface area contributed by atoms with Crippen LogP contribution in [-0.2, 0) is 17.1 Å². The van der Waals surface area contributed by atoms with Gasteiger partial charge in [0.2, 0.25) is 0 Å². The molecule has 0 radical (unpaired) electrons. The summed E-state index contributed by atoms with van der Waals surface area (Å²) in [7, 11) is 1.09. The van der Waals surface area contributed by atoms with Crippen LogP contribution in [0.2, 0.25) is 0 Å². The maximum absolute atomic E-state index is 14.0. The molecule has 4 rings (SSSR count). The van der Waals surface area contributed by atoms with E-state index in [4.69, 9.17) is 9.47 Å². The zero-order chi connectivity index (χ0) is 28.0. The van der Waals surface area contributed by atoms with Crippen molar-refractivity contribution >= 4 is 23.5 Å². The highest BCUT2D eigenvalue weighted by molar-refractivity contribution is 5.98. The number of carbonyl (C=O) groups excluding carboxylic acids is 2. The molecule has 0 bridgehead atoms. The van der Waals surface area contributed by atoms with Gasteiger partial charge < -0.3 is 19.5 Å². The van der Waals surface area contributed by atoms with E-state index in [1.807, 2.05) is 0 Å². The third-order valence-corrected chi connectivity index (χ3v) is 6.13. The minimum Gasteiger partial charge on any atom is -0.407 e. The summed E-state index contributed by atoms with van der Waals surface area (Å²) in [6.45, 7) is -0.695. The van der Waals surface area contributed by atoms with Crippen LogP contribution < -0.4 is 14.5 Å². The predicted molar refractivity (Wildman–Crippen MR) is 117 cm³/mol. The van der Waals surface area contributed by atoms with Crippen molar-refractivity contribution in [1.82, 2.24) is 4.90 Å². The molecule has 2 fully saturated rings. The van der Waals surface area contributed by atoms with Crippen LogP contribution in [0.1, 0.15) is 11.1 Å². The number of nitrogens with zero attached hydrogens (tertiary/aromatic N) is 3. The number of carbonyl (C=O) groups is 2. The first kappa shape index (κ1) is 27.4. The fraction of sp³-hybridized carbons (Fsp3) is 0.391. The van der Waals surface area contributed by atoms with Gasteiger partial charge in [0.15, 0.2) is 5.75 Å². The predicted octanol–water partition coefficient (Wildman–Crippen LogP) is 4.50. The molecule has 2 aliphatic heterocycles. The van der Waals surface area contributed by atoms with Gasteiger partial charge >= 0.3 is 24.5 Å². The summed E-state index contributed by atoms with van der Waals surface area (Å²) in [5.74, 6) is -1.97. The van der Waals surface area contributed by atoms with Gasteiger partial charge in [0.05, 0.1) is 36.6 Å². The Kier molecular flexibility index (Phi) is 7.18. The third-order valence-electron chi connectivity index (χ3n) is 6.13. The Morgan fingerprint density at radius 1 is 1.05 bits per heavy atom. The lowest BCUT2D eigenvalue weighted by Crippen LogP contribution is -2.45. The molecule has 3 amide bonds. The van der Waals surface area contributed by atoms with Crippen molar-refractivity contribution in [2.75, 3.05) is 43.2 Å². The van der Waals surface area contributed by atoms with Crippen molar-refractivity contribution in [3.8, 4) is 5.75 Å². The van der Waals surface area contributed by atoms with Gasteiger partial charge in [-0.1, -0.05) is 0 Å². The van der Waals surface area contributed by atoms with E-state index in [-0.39, 0.29) is 38.1 Å². The number of ether oxygens (including phenoxy) is 2. The summed E-state index contributed by atoms with van der Waals surface area (Å²) in [4.78, 5) is 28.3. The van der Waals surface area contributed by atoms with E-state index in [0.29, 0.717) is 15.9 Å². The molecule has 0 aliphatic carbocycles.